The van der Waals surface area contributed by atoms with E-state index < -0.39 is 0 Å². The molecule has 2 N–H and O–H groups in total. The van der Waals surface area contributed by atoms with Crippen LogP contribution in [0.15, 0.2) is 24.3 Å². The van der Waals surface area contributed by atoms with Gasteiger partial charge in [0.1, 0.15) is 5.75 Å². The predicted molar refractivity (Wildman–Crippen MR) is 103 cm³/mol. The van der Waals surface area contributed by atoms with Gasteiger partial charge in [-0.05, 0) is 56.8 Å². The van der Waals surface area contributed by atoms with Crippen LogP contribution in [-0.2, 0) is 16.1 Å². The summed E-state index contributed by atoms with van der Waals surface area (Å²) in [7, 11) is 1.62. The molecule has 0 unspecified atom stereocenters. The Morgan fingerprint density at radius 2 is 2.08 bits per heavy atom. The van der Waals surface area contributed by atoms with E-state index in [1.165, 1.54) is 0 Å². The van der Waals surface area contributed by atoms with Crippen LogP contribution < -0.4 is 10.1 Å². The Kier molecular flexibility index (Phi) is 7.80. The minimum absolute atomic E-state index is 0.0154. The fourth-order valence-corrected chi connectivity index (χ4v) is 2.63. The van der Waals surface area contributed by atoms with Crippen LogP contribution in [0.4, 0.5) is 0 Å². The Bertz CT molecular complexity index is 753. The van der Waals surface area contributed by atoms with Gasteiger partial charge in [-0.2, -0.15) is 5.10 Å². The Morgan fingerprint density at radius 1 is 1.35 bits per heavy atom. The van der Waals surface area contributed by atoms with E-state index in [0.29, 0.717) is 36.7 Å². The van der Waals surface area contributed by atoms with Crippen LogP contribution in [0.5, 0.6) is 5.75 Å². The molecule has 0 spiro atoms. The van der Waals surface area contributed by atoms with Gasteiger partial charge in [-0.3, -0.25) is 14.5 Å². The molecular formula is C18H26N4O3S. The molecule has 1 aromatic carbocycles. The highest BCUT2D eigenvalue weighted by Gasteiger charge is 2.11. The first-order chi connectivity index (χ1) is 12.5. The molecule has 0 aliphatic rings. The largest absolute Gasteiger partial charge is 0.497 e. The second kappa shape index (κ2) is 10.1. The van der Waals surface area contributed by atoms with E-state index in [-0.39, 0.29) is 12.0 Å². The Morgan fingerprint density at radius 3 is 2.73 bits per heavy atom. The quantitative estimate of drug-likeness (QED) is 0.491. The highest BCUT2D eigenvalue weighted by Crippen LogP contribution is 2.21. The Balaban J connectivity index is 1.88. The number of H-pyrrole nitrogens is 1. The van der Waals surface area contributed by atoms with Crippen molar-refractivity contribution < 1.29 is 14.3 Å². The number of amides is 1. The second-order valence-corrected chi connectivity index (χ2v) is 6.49. The lowest BCUT2D eigenvalue weighted by Crippen LogP contribution is -2.26. The van der Waals surface area contributed by atoms with E-state index >= 15 is 0 Å². The van der Waals surface area contributed by atoms with Gasteiger partial charge < -0.3 is 14.8 Å². The number of carbonyl (C=O) groups is 1. The summed E-state index contributed by atoms with van der Waals surface area (Å²) in [6.45, 7) is 5.70. The highest BCUT2D eigenvalue weighted by atomic mass is 32.1. The molecule has 2 aromatic rings. The smallest absolute Gasteiger partial charge is 0.221 e. The summed E-state index contributed by atoms with van der Waals surface area (Å²) in [5, 5.41) is 9.97. The first kappa shape index (κ1) is 20.1. The van der Waals surface area contributed by atoms with Crippen molar-refractivity contribution in [3.05, 3.63) is 29.0 Å². The van der Waals surface area contributed by atoms with Crippen molar-refractivity contribution in [3.63, 3.8) is 0 Å². The van der Waals surface area contributed by atoms with Gasteiger partial charge in [0.25, 0.3) is 0 Å². The van der Waals surface area contributed by atoms with Gasteiger partial charge in [-0.1, -0.05) is 0 Å². The molecule has 0 aliphatic carbocycles. The average molecular weight is 378 g/mol. The zero-order valence-corrected chi connectivity index (χ0v) is 16.3. The average Bonchev–Trinajstić information content (AvgIpc) is 3.00. The van der Waals surface area contributed by atoms with Crippen LogP contribution in [-0.4, -0.2) is 47.0 Å². The number of benzene rings is 1. The van der Waals surface area contributed by atoms with Crippen molar-refractivity contribution >= 4 is 18.1 Å². The molecule has 7 nitrogen and oxygen atoms in total. The number of hydrogen-bond acceptors (Lipinski definition) is 5. The summed E-state index contributed by atoms with van der Waals surface area (Å²) < 4.78 is 12.9. The van der Waals surface area contributed by atoms with Crippen LogP contribution in [0.25, 0.3) is 11.4 Å². The van der Waals surface area contributed by atoms with Crippen LogP contribution in [0, 0.1) is 4.77 Å². The standard InChI is InChI=1S/C18H26N4O3S/c1-13(2)25-12-4-10-19-16(23)9-11-22-17(20-21-18(22)26)14-5-7-15(24-3)8-6-14/h5-8,13H,4,9-12H2,1-3H3,(H,19,23)(H,21,26). The van der Waals surface area contributed by atoms with E-state index in [4.69, 9.17) is 21.7 Å². The molecule has 1 heterocycles. The fraction of sp³-hybridized carbons (Fsp3) is 0.500. The summed E-state index contributed by atoms with van der Waals surface area (Å²) in [4.78, 5) is 12.0. The molecular weight excluding hydrogens is 352 g/mol. The maximum atomic E-state index is 12.0. The van der Waals surface area contributed by atoms with Crippen molar-refractivity contribution in [1.29, 1.82) is 0 Å². The number of aromatic nitrogens is 3. The number of nitrogens with one attached hydrogen (secondary N) is 2. The topological polar surface area (TPSA) is 81.2 Å². The number of nitrogens with zero attached hydrogens (tertiary/aromatic N) is 2. The van der Waals surface area contributed by atoms with Crippen LogP contribution >= 0.6 is 12.2 Å². The number of ether oxygens (including phenoxy) is 2. The first-order valence-electron chi connectivity index (χ1n) is 8.69. The van der Waals surface area contributed by atoms with Crippen molar-refractivity contribution in [1.82, 2.24) is 20.1 Å². The van der Waals surface area contributed by atoms with E-state index in [1.807, 2.05) is 42.7 Å². The fourth-order valence-electron chi connectivity index (χ4n) is 2.41. The lowest BCUT2D eigenvalue weighted by molar-refractivity contribution is -0.121. The summed E-state index contributed by atoms with van der Waals surface area (Å²) in [5.74, 6) is 1.46. The third-order valence-corrected chi connectivity index (χ3v) is 4.08. The molecule has 0 atom stereocenters. The predicted octanol–water partition coefficient (Wildman–Crippen LogP) is 2.94. The molecule has 0 fully saturated rings. The van der Waals surface area contributed by atoms with Gasteiger partial charge in [0.15, 0.2) is 10.6 Å². The third kappa shape index (κ3) is 5.96. The summed E-state index contributed by atoms with van der Waals surface area (Å²) in [5.41, 5.74) is 0.907. The zero-order valence-electron chi connectivity index (χ0n) is 15.4. The molecule has 1 amide bonds. The summed E-state index contributed by atoms with van der Waals surface area (Å²) >= 11 is 5.29. The normalized spacial score (nSPS) is 10.9. The van der Waals surface area contributed by atoms with Crippen molar-refractivity contribution in [2.45, 2.75) is 39.3 Å². The van der Waals surface area contributed by atoms with E-state index in [9.17, 15) is 4.79 Å². The van der Waals surface area contributed by atoms with Gasteiger partial charge in [0.2, 0.25) is 5.91 Å². The van der Waals surface area contributed by atoms with Gasteiger partial charge >= 0.3 is 0 Å². The van der Waals surface area contributed by atoms with Crippen LogP contribution in [0.1, 0.15) is 26.7 Å². The lowest BCUT2D eigenvalue weighted by atomic mass is 10.2. The number of aromatic amines is 1. The highest BCUT2D eigenvalue weighted by molar-refractivity contribution is 7.71. The van der Waals surface area contributed by atoms with Crippen molar-refractivity contribution in [2.24, 2.45) is 0 Å². The van der Waals surface area contributed by atoms with Gasteiger partial charge in [0.05, 0.1) is 13.2 Å². The summed E-state index contributed by atoms with van der Waals surface area (Å²) in [6, 6.07) is 7.55. The number of methoxy groups -OCH3 is 1. The maximum Gasteiger partial charge on any atom is 0.221 e. The third-order valence-electron chi connectivity index (χ3n) is 3.76. The molecule has 0 radical (unpaired) electrons. The molecule has 8 heteroatoms. The number of carbonyl (C=O) groups excluding carboxylic acids is 1. The van der Waals surface area contributed by atoms with Gasteiger partial charge in [-0.15, -0.1) is 0 Å². The molecule has 26 heavy (non-hydrogen) atoms. The monoisotopic (exact) mass is 378 g/mol. The maximum absolute atomic E-state index is 12.0. The van der Waals surface area contributed by atoms with Crippen LogP contribution in [0.2, 0.25) is 0 Å². The van der Waals surface area contributed by atoms with Crippen molar-refractivity contribution in [3.8, 4) is 17.1 Å². The molecule has 0 bridgehead atoms. The zero-order chi connectivity index (χ0) is 18.9. The molecule has 2 rings (SSSR count). The minimum atomic E-state index is -0.0154. The molecule has 1 aromatic heterocycles. The second-order valence-electron chi connectivity index (χ2n) is 6.11. The molecule has 142 valence electrons. The Hall–Kier alpha value is -2.19. The van der Waals surface area contributed by atoms with Crippen LogP contribution in [0.3, 0.4) is 0 Å². The molecule has 0 saturated carbocycles. The summed E-state index contributed by atoms with van der Waals surface area (Å²) in [6.07, 6.45) is 1.35. The molecule has 0 saturated heterocycles. The minimum Gasteiger partial charge on any atom is -0.497 e. The van der Waals surface area contributed by atoms with E-state index in [1.54, 1.807) is 7.11 Å². The SMILES string of the molecule is COc1ccc(-c2n[nH]c(=S)n2CCC(=O)NCCCOC(C)C)cc1. The Labute approximate surface area is 158 Å². The van der Waals surface area contributed by atoms with Crippen molar-refractivity contribution in [2.75, 3.05) is 20.3 Å². The van der Waals surface area contributed by atoms with Gasteiger partial charge in [0, 0.05) is 31.7 Å². The number of rotatable bonds is 10. The first-order valence-corrected chi connectivity index (χ1v) is 9.10. The number of hydrogen-bond donors (Lipinski definition) is 2. The lowest BCUT2D eigenvalue weighted by Gasteiger charge is -2.09. The van der Waals surface area contributed by atoms with E-state index in [2.05, 4.69) is 15.5 Å². The molecule has 0 aliphatic heterocycles. The van der Waals surface area contributed by atoms with Gasteiger partial charge in [-0.25, -0.2) is 0 Å². The van der Waals surface area contributed by atoms with E-state index in [0.717, 1.165) is 17.7 Å².